The van der Waals surface area contributed by atoms with Gasteiger partial charge in [0.2, 0.25) is 0 Å². The highest BCUT2D eigenvalue weighted by atomic mass is 16.3. The monoisotopic (exact) mass is 234 g/mol. The van der Waals surface area contributed by atoms with E-state index in [1.165, 1.54) is 11.1 Å². The lowest BCUT2D eigenvalue weighted by Gasteiger charge is -2.21. The minimum Gasteiger partial charge on any atom is -0.391 e. The Labute approximate surface area is 103 Å². The molecule has 0 aromatic heterocycles. The summed E-state index contributed by atoms with van der Waals surface area (Å²) >= 11 is 0. The minimum absolute atomic E-state index is 0.214. The average Bonchev–Trinajstić information content (AvgIpc) is 2.55. The third-order valence-electron chi connectivity index (χ3n) is 3.73. The van der Waals surface area contributed by atoms with Crippen molar-refractivity contribution in [2.75, 3.05) is 7.05 Å². The second kappa shape index (κ2) is 4.77. The average molecular weight is 234 g/mol. The largest absolute Gasteiger partial charge is 0.391 e. The van der Waals surface area contributed by atoms with Crippen LogP contribution in [0.25, 0.3) is 0 Å². The fourth-order valence-electron chi connectivity index (χ4n) is 2.27. The van der Waals surface area contributed by atoms with Gasteiger partial charge >= 0.3 is 0 Å². The molecule has 0 aliphatic heterocycles. The van der Waals surface area contributed by atoms with E-state index in [1.807, 2.05) is 0 Å². The van der Waals surface area contributed by atoms with Crippen LogP contribution in [0.2, 0.25) is 0 Å². The molecule has 0 saturated carbocycles. The number of hydrogen-bond donors (Lipinski definition) is 2. The molecule has 1 aliphatic rings. The molecule has 0 saturated heterocycles. The Balaban J connectivity index is 2.18. The highest BCUT2D eigenvalue weighted by Crippen LogP contribution is 2.30. The van der Waals surface area contributed by atoms with Crippen molar-refractivity contribution in [3.8, 4) is 0 Å². The standard InChI is InChI=1S/C14H22N2O/c1-9(2)16(3)8-10-4-5-11-7-13(17)14(15)12(11)6-10/h4-6,9,13-14,17H,7-8,15H2,1-3H3/t13-,14-/m1/s1. The zero-order valence-electron chi connectivity index (χ0n) is 10.9. The first kappa shape index (κ1) is 12.6. The van der Waals surface area contributed by atoms with E-state index in [4.69, 9.17) is 5.73 Å². The van der Waals surface area contributed by atoms with Gasteiger partial charge in [-0.3, -0.25) is 4.90 Å². The smallest absolute Gasteiger partial charge is 0.0773 e. The van der Waals surface area contributed by atoms with E-state index in [-0.39, 0.29) is 6.04 Å². The van der Waals surface area contributed by atoms with Gasteiger partial charge in [-0.1, -0.05) is 18.2 Å². The van der Waals surface area contributed by atoms with E-state index in [0.717, 1.165) is 12.1 Å². The predicted molar refractivity (Wildman–Crippen MR) is 69.7 cm³/mol. The first-order chi connectivity index (χ1) is 7.99. The summed E-state index contributed by atoms with van der Waals surface area (Å²) in [7, 11) is 2.12. The van der Waals surface area contributed by atoms with E-state index in [1.54, 1.807) is 0 Å². The van der Waals surface area contributed by atoms with Crippen LogP contribution in [0.4, 0.5) is 0 Å². The summed E-state index contributed by atoms with van der Waals surface area (Å²) in [4.78, 5) is 2.29. The zero-order chi connectivity index (χ0) is 12.6. The Bertz CT molecular complexity index is 403. The topological polar surface area (TPSA) is 49.5 Å². The van der Waals surface area contributed by atoms with Crippen LogP contribution in [0, 0.1) is 0 Å². The van der Waals surface area contributed by atoms with Gasteiger partial charge < -0.3 is 10.8 Å². The van der Waals surface area contributed by atoms with Crippen molar-refractivity contribution in [2.24, 2.45) is 5.73 Å². The normalized spacial score (nSPS) is 23.5. The van der Waals surface area contributed by atoms with Gasteiger partial charge in [0, 0.05) is 19.0 Å². The van der Waals surface area contributed by atoms with Crippen molar-refractivity contribution >= 4 is 0 Å². The third-order valence-corrected chi connectivity index (χ3v) is 3.73. The number of benzene rings is 1. The Kier molecular flexibility index (Phi) is 3.52. The second-order valence-corrected chi connectivity index (χ2v) is 5.34. The molecule has 3 nitrogen and oxygen atoms in total. The SMILES string of the molecule is CC(C)N(C)Cc1ccc2c(c1)[C@@H](N)[C@H](O)C2. The maximum Gasteiger partial charge on any atom is 0.0773 e. The molecule has 2 atom stereocenters. The zero-order valence-corrected chi connectivity index (χ0v) is 10.9. The third kappa shape index (κ3) is 2.51. The van der Waals surface area contributed by atoms with Gasteiger partial charge in [-0.25, -0.2) is 0 Å². The Morgan fingerprint density at radius 1 is 1.47 bits per heavy atom. The van der Waals surface area contributed by atoms with Gasteiger partial charge in [0.05, 0.1) is 12.1 Å². The van der Waals surface area contributed by atoms with Gasteiger partial charge in [-0.15, -0.1) is 0 Å². The summed E-state index contributed by atoms with van der Waals surface area (Å²) in [6, 6.07) is 6.71. The first-order valence-electron chi connectivity index (χ1n) is 6.24. The maximum atomic E-state index is 9.74. The van der Waals surface area contributed by atoms with Crippen LogP contribution in [-0.2, 0) is 13.0 Å². The number of rotatable bonds is 3. The quantitative estimate of drug-likeness (QED) is 0.832. The predicted octanol–water partition coefficient (Wildman–Crippen LogP) is 1.44. The van der Waals surface area contributed by atoms with E-state index < -0.39 is 6.10 Å². The summed E-state index contributed by atoms with van der Waals surface area (Å²) in [5.74, 6) is 0. The van der Waals surface area contributed by atoms with Gasteiger partial charge in [0.25, 0.3) is 0 Å². The summed E-state index contributed by atoms with van der Waals surface area (Å²) < 4.78 is 0. The lowest BCUT2D eigenvalue weighted by atomic mass is 10.0. The summed E-state index contributed by atoms with van der Waals surface area (Å²) in [6.45, 7) is 5.29. The van der Waals surface area contributed by atoms with Crippen LogP contribution in [0.1, 0.15) is 36.6 Å². The molecule has 0 unspecified atom stereocenters. The Morgan fingerprint density at radius 2 is 2.18 bits per heavy atom. The molecule has 17 heavy (non-hydrogen) atoms. The summed E-state index contributed by atoms with van der Waals surface area (Å²) in [6.07, 6.45) is 0.277. The molecular weight excluding hydrogens is 212 g/mol. The summed E-state index contributed by atoms with van der Waals surface area (Å²) in [5, 5.41) is 9.74. The molecule has 0 amide bonds. The van der Waals surface area contributed by atoms with Crippen molar-refractivity contribution in [2.45, 2.75) is 45.0 Å². The van der Waals surface area contributed by atoms with Crippen molar-refractivity contribution in [1.29, 1.82) is 0 Å². The number of hydrogen-bond acceptors (Lipinski definition) is 3. The lowest BCUT2D eigenvalue weighted by molar-refractivity contribution is 0.158. The second-order valence-electron chi connectivity index (χ2n) is 5.34. The molecule has 1 aromatic carbocycles. The van der Waals surface area contributed by atoms with E-state index >= 15 is 0 Å². The molecule has 1 aliphatic carbocycles. The molecule has 2 rings (SSSR count). The van der Waals surface area contributed by atoms with Crippen LogP contribution in [0.15, 0.2) is 18.2 Å². The van der Waals surface area contributed by atoms with E-state index in [0.29, 0.717) is 12.5 Å². The lowest BCUT2D eigenvalue weighted by Crippen LogP contribution is -2.25. The highest BCUT2D eigenvalue weighted by Gasteiger charge is 2.27. The van der Waals surface area contributed by atoms with Crippen molar-refractivity contribution in [3.63, 3.8) is 0 Å². The van der Waals surface area contributed by atoms with Crippen LogP contribution in [-0.4, -0.2) is 29.2 Å². The van der Waals surface area contributed by atoms with Crippen LogP contribution in [0.3, 0.4) is 0 Å². The molecule has 0 spiro atoms. The van der Waals surface area contributed by atoms with Crippen molar-refractivity contribution in [1.82, 2.24) is 4.90 Å². The van der Waals surface area contributed by atoms with E-state index in [9.17, 15) is 5.11 Å². The number of aliphatic hydroxyl groups excluding tert-OH is 1. The van der Waals surface area contributed by atoms with Gasteiger partial charge in [0.15, 0.2) is 0 Å². The fraction of sp³-hybridized carbons (Fsp3) is 0.571. The number of aliphatic hydroxyl groups is 1. The number of nitrogens with zero attached hydrogens (tertiary/aromatic N) is 1. The minimum atomic E-state index is -0.414. The number of fused-ring (bicyclic) bond motifs is 1. The molecule has 94 valence electrons. The number of nitrogens with two attached hydrogens (primary N) is 1. The van der Waals surface area contributed by atoms with E-state index in [2.05, 4.69) is 44.0 Å². The molecule has 3 N–H and O–H groups in total. The van der Waals surface area contributed by atoms with Gasteiger partial charge in [-0.2, -0.15) is 0 Å². The first-order valence-corrected chi connectivity index (χ1v) is 6.24. The summed E-state index contributed by atoms with van der Waals surface area (Å²) in [5.41, 5.74) is 9.57. The molecular formula is C14H22N2O. The van der Waals surface area contributed by atoms with Crippen LogP contribution >= 0.6 is 0 Å². The van der Waals surface area contributed by atoms with Crippen LogP contribution < -0.4 is 5.73 Å². The molecule has 0 radical (unpaired) electrons. The molecule has 0 heterocycles. The Hall–Kier alpha value is -0.900. The van der Waals surface area contributed by atoms with Crippen LogP contribution in [0.5, 0.6) is 0 Å². The molecule has 3 heteroatoms. The van der Waals surface area contributed by atoms with Crippen molar-refractivity contribution in [3.05, 3.63) is 34.9 Å². The Morgan fingerprint density at radius 3 is 2.82 bits per heavy atom. The molecule has 1 aromatic rings. The molecule has 0 fully saturated rings. The highest BCUT2D eigenvalue weighted by molar-refractivity contribution is 5.39. The van der Waals surface area contributed by atoms with Gasteiger partial charge in [-0.05, 0) is 37.6 Å². The maximum absolute atomic E-state index is 9.74. The van der Waals surface area contributed by atoms with Crippen molar-refractivity contribution < 1.29 is 5.11 Å². The fourth-order valence-corrected chi connectivity index (χ4v) is 2.27. The molecule has 0 bridgehead atoms. The van der Waals surface area contributed by atoms with Gasteiger partial charge in [0.1, 0.15) is 0 Å².